The molecule has 0 bridgehead atoms. The van der Waals surface area contributed by atoms with Gasteiger partial charge in [-0.15, -0.1) is 6.58 Å². The predicted molar refractivity (Wildman–Crippen MR) is 51.0 cm³/mol. The van der Waals surface area contributed by atoms with Crippen molar-refractivity contribution in [1.82, 2.24) is 0 Å². The molecule has 0 radical (unpaired) electrons. The van der Waals surface area contributed by atoms with Gasteiger partial charge in [-0.1, -0.05) is 25.8 Å². The lowest BCUT2D eigenvalue weighted by Crippen LogP contribution is -2.25. The molecular formula is C10H20O2. The lowest BCUT2D eigenvalue weighted by Gasteiger charge is -2.16. The van der Waals surface area contributed by atoms with Gasteiger partial charge in [0, 0.05) is 0 Å². The highest BCUT2D eigenvalue weighted by Gasteiger charge is 2.13. The van der Waals surface area contributed by atoms with Gasteiger partial charge in [0.15, 0.2) is 0 Å². The van der Waals surface area contributed by atoms with Gasteiger partial charge in [0.2, 0.25) is 0 Å². The average molecular weight is 172 g/mol. The van der Waals surface area contributed by atoms with Crippen molar-refractivity contribution in [1.29, 1.82) is 0 Å². The van der Waals surface area contributed by atoms with Gasteiger partial charge in [0.1, 0.15) is 0 Å². The van der Waals surface area contributed by atoms with Crippen LogP contribution in [0.25, 0.3) is 0 Å². The standard InChI is InChI=1S/C10H20O2/c1-3-5-7-9(11)10(12)8-6-4-2/h3,9-12H,1,4-8H2,2H3/t9-,10+/m1/s1. The largest absolute Gasteiger partial charge is 0.390 e. The summed E-state index contributed by atoms with van der Waals surface area (Å²) in [6.45, 7) is 5.63. The van der Waals surface area contributed by atoms with Crippen LogP contribution in [0.1, 0.15) is 39.0 Å². The molecule has 0 amide bonds. The van der Waals surface area contributed by atoms with E-state index in [2.05, 4.69) is 13.5 Å². The van der Waals surface area contributed by atoms with Crippen molar-refractivity contribution in [2.45, 2.75) is 51.2 Å². The third-order valence-electron chi connectivity index (χ3n) is 1.96. The summed E-state index contributed by atoms with van der Waals surface area (Å²) in [5.74, 6) is 0. The summed E-state index contributed by atoms with van der Waals surface area (Å²) in [5, 5.41) is 18.8. The van der Waals surface area contributed by atoms with Crippen LogP contribution < -0.4 is 0 Å². The molecule has 0 unspecified atom stereocenters. The second kappa shape index (κ2) is 7.32. The molecule has 12 heavy (non-hydrogen) atoms. The first-order valence-electron chi connectivity index (χ1n) is 4.69. The lowest BCUT2D eigenvalue weighted by atomic mass is 10.0. The summed E-state index contributed by atoms with van der Waals surface area (Å²) in [6.07, 6.45) is 4.76. The fraction of sp³-hybridized carbons (Fsp3) is 0.800. The molecule has 2 heteroatoms. The zero-order valence-electron chi connectivity index (χ0n) is 7.87. The number of allylic oxidation sites excluding steroid dienone is 1. The molecule has 72 valence electrons. The van der Waals surface area contributed by atoms with E-state index in [1.54, 1.807) is 6.08 Å². The molecule has 0 aromatic heterocycles. The predicted octanol–water partition coefficient (Wildman–Crippen LogP) is 1.86. The van der Waals surface area contributed by atoms with E-state index < -0.39 is 12.2 Å². The maximum absolute atomic E-state index is 9.39. The molecular weight excluding hydrogens is 152 g/mol. The number of rotatable bonds is 7. The second-order valence-electron chi connectivity index (χ2n) is 3.14. The van der Waals surface area contributed by atoms with Gasteiger partial charge >= 0.3 is 0 Å². The smallest absolute Gasteiger partial charge is 0.0802 e. The van der Waals surface area contributed by atoms with Crippen LogP contribution in [-0.2, 0) is 0 Å². The third kappa shape index (κ3) is 5.33. The van der Waals surface area contributed by atoms with Crippen LogP contribution in [0.2, 0.25) is 0 Å². The first kappa shape index (κ1) is 11.7. The zero-order valence-corrected chi connectivity index (χ0v) is 7.87. The minimum absolute atomic E-state index is 0.551. The maximum atomic E-state index is 9.39. The molecule has 2 N–H and O–H groups in total. The van der Waals surface area contributed by atoms with E-state index in [4.69, 9.17) is 0 Å². The highest BCUT2D eigenvalue weighted by molar-refractivity contribution is 4.73. The molecule has 0 fully saturated rings. The van der Waals surface area contributed by atoms with Gasteiger partial charge in [-0.25, -0.2) is 0 Å². The summed E-state index contributed by atoms with van der Waals surface area (Å²) < 4.78 is 0. The van der Waals surface area contributed by atoms with Crippen LogP contribution in [0.4, 0.5) is 0 Å². The first-order chi connectivity index (χ1) is 5.72. The van der Waals surface area contributed by atoms with E-state index in [0.717, 1.165) is 19.3 Å². The Kier molecular flexibility index (Phi) is 7.11. The van der Waals surface area contributed by atoms with Crippen LogP contribution in [0, 0.1) is 0 Å². The third-order valence-corrected chi connectivity index (χ3v) is 1.96. The molecule has 0 aliphatic rings. The topological polar surface area (TPSA) is 40.5 Å². The molecule has 0 aromatic carbocycles. The van der Waals surface area contributed by atoms with Gasteiger partial charge in [-0.05, 0) is 19.3 Å². The van der Waals surface area contributed by atoms with Crippen molar-refractivity contribution in [2.24, 2.45) is 0 Å². The van der Waals surface area contributed by atoms with Crippen molar-refractivity contribution in [2.75, 3.05) is 0 Å². The Labute approximate surface area is 74.9 Å². The van der Waals surface area contributed by atoms with Crippen molar-refractivity contribution >= 4 is 0 Å². The molecule has 0 aliphatic heterocycles. The molecule has 0 spiro atoms. The summed E-state index contributed by atoms with van der Waals surface area (Å²) in [5.41, 5.74) is 0. The van der Waals surface area contributed by atoms with Crippen molar-refractivity contribution in [3.05, 3.63) is 12.7 Å². The average Bonchev–Trinajstić information content (AvgIpc) is 2.10. The van der Waals surface area contributed by atoms with Gasteiger partial charge in [0.25, 0.3) is 0 Å². The summed E-state index contributed by atoms with van der Waals surface area (Å²) in [7, 11) is 0. The second-order valence-corrected chi connectivity index (χ2v) is 3.14. The number of aliphatic hydroxyl groups excluding tert-OH is 2. The van der Waals surface area contributed by atoms with Gasteiger partial charge < -0.3 is 10.2 Å². The summed E-state index contributed by atoms with van der Waals surface area (Å²) in [6, 6.07) is 0. The molecule has 0 saturated heterocycles. The molecule has 2 nitrogen and oxygen atoms in total. The minimum Gasteiger partial charge on any atom is -0.390 e. The minimum atomic E-state index is -0.574. The Balaban J connectivity index is 3.45. The van der Waals surface area contributed by atoms with E-state index in [1.165, 1.54) is 0 Å². The fourth-order valence-corrected chi connectivity index (χ4v) is 1.09. The Morgan fingerprint density at radius 1 is 1.25 bits per heavy atom. The molecule has 0 aliphatic carbocycles. The Morgan fingerprint density at radius 2 is 1.83 bits per heavy atom. The lowest BCUT2D eigenvalue weighted by molar-refractivity contribution is 0.00939. The Hall–Kier alpha value is -0.340. The number of hydrogen-bond donors (Lipinski definition) is 2. The SMILES string of the molecule is C=CCC[C@@H](O)[C@@H](O)CCCC. The number of unbranched alkanes of at least 4 members (excludes halogenated alkanes) is 1. The van der Waals surface area contributed by atoms with E-state index in [0.29, 0.717) is 12.8 Å². The monoisotopic (exact) mass is 172 g/mol. The van der Waals surface area contributed by atoms with Gasteiger partial charge in [-0.3, -0.25) is 0 Å². The maximum Gasteiger partial charge on any atom is 0.0802 e. The van der Waals surface area contributed by atoms with Crippen molar-refractivity contribution < 1.29 is 10.2 Å². The van der Waals surface area contributed by atoms with Crippen molar-refractivity contribution in [3.8, 4) is 0 Å². The van der Waals surface area contributed by atoms with Crippen LogP contribution >= 0.6 is 0 Å². The first-order valence-corrected chi connectivity index (χ1v) is 4.69. The molecule has 0 heterocycles. The highest BCUT2D eigenvalue weighted by atomic mass is 16.3. The van der Waals surface area contributed by atoms with E-state index in [1.807, 2.05) is 0 Å². The molecule has 0 saturated carbocycles. The van der Waals surface area contributed by atoms with Gasteiger partial charge in [-0.2, -0.15) is 0 Å². The van der Waals surface area contributed by atoms with Crippen LogP contribution in [0.5, 0.6) is 0 Å². The van der Waals surface area contributed by atoms with Gasteiger partial charge in [0.05, 0.1) is 12.2 Å². The fourth-order valence-electron chi connectivity index (χ4n) is 1.09. The Morgan fingerprint density at radius 3 is 2.33 bits per heavy atom. The molecule has 0 rings (SSSR count). The van der Waals surface area contributed by atoms with E-state index in [9.17, 15) is 10.2 Å². The van der Waals surface area contributed by atoms with E-state index >= 15 is 0 Å². The van der Waals surface area contributed by atoms with Crippen LogP contribution in [0.3, 0.4) is 0 Å². The number of aliphatic hydroxyl groups is 2. The quantitative estimate of drug-likeness (QED) is 0.575. The Bertz CT molecular complexity index is 112. The highest BCUT2D eigenvalue weighted by Crippen LogP contribution is 2.09. The van der Waals surface area contributed by atoms with Crippen LogP contribution in [-0.4, -0.2) is 22.4 Å². The zero-order chi connectivity index (χ0) is 9.40. The normalized spacial score (nSPS) is 15.6. The molecule has 0 aromatic rings. The summed E-state index contributed by atoms with van der Waals surface area (Å²) in [4.78, 5) is 0. The van der Waals surface area contributed by atoms with Crippen molar-refractivity contribution in [3.63, 3.8) is 0 Å². The van der Waals surface area contributed by atoms with Crippen LogP contribution in [0.15, 0.2) is 12.7 Å². The van der Waals surface area contributed by atoms with E-state index in [-0.39, 0.29) is 0 Å². The molecule has 2 atom stereocenters. The summed E-state index contributed by atoms with van der Waals surface area (Å²) >= 11 is 0. The number of hydrogen-bond acceptors (Lipinski definition) is 2.